The summed E-state index contributed by atoms with van der Waals surface area (Å²) < 4.78 is 6.05. The summed E-state index contributed by atoms with van der Waals surface area (Å²) in [6.45, 7) is 8.92. The topological polar surface area (TPSA) is 145 Å². The molecule has 0 spiro atoms. The zero-order valence-corrected chi connectivity index (χ0v) is 30.7. The second kappa shape index (κ2) is 24.1. The lowest BCUT2D eigenvalue weighted by Crippen LogP contribution is -2.42. The van der Waals surface area contributed by atoms with Crippen LogP contribution in [0.15, 0.2) is 84.9 Å². The molecule has 0 fully saturated rings. The highest BCUT2D eigenvalue weighted by molar-refractivity contribution is 6.53. The van der Waals surface area contributed by atoms with E-state index in [4.69, 9.17) is 36.8 Å². The molecule has 0 unspecified atom stereocenters. The Labute approximate surface area is 307 Å². The molecule has 0 aliphatic rings. The van der Waals surface area contributed by atoms with Crippen molar-refractivity contribution in [3.63, 3.8) is 0 Å². The third-order valence-electron chi connectivity index (χ3n) is 8.52. The molecule has 278 valence electrons. The van der Waals surface area contributed by atoms with Crippen LogP contribution in [0, 0.1) is 0 Å². The van der Waals surface area contributed by atoms with Crippen LogP contribution in [0.25, 0.3) is 10.6 Å². The van der Waals surface area contributed by atoms with E-state index in [1.165, 1.54) is 71.0 Å². The Morgan fingerprint density at radius 2 is 1.06 bits per heavy atom. The van der Waals surface area contributed by atoms with Gasteiger partial charge in [-0.3, -0.25) is 9.59 Å². The first-order valence-corrected chi connectivity index (χ1v) is 18.2. The monoisotopic (exact) mass is 723 g/mol. The van der Waals surface area contributed by atoms with Crippen LogP contribution in [0.1, 0.15) is 101 Å². The maximum absolute atomic E-state index is 10.3. The van der Waals surface area contributed by atoms with Crippen molar-refractivity contribution in [3.8, 4) is 5.75 Å². The summed E-state index contributed by atoms with van der Waals surface area (Å²) in [7, 11) is 0. The highest BCUT2D eigenvalue weighted by Gasteiger charge is 2.40. The number of carbonyl (C=O) groups is 3. The quantitative estimate of drug-likeness (QED) is 0.0557. The lowest BCUT2D eigenvalue weighted by Gasteiger charge is -2.18. The molecule has 10 heteroatoms. The van der Waals surface area contributed by atoms with Crippen molar-refractivity contribution in [1.29, 1.82) is 0 Å². The highest BCUT2D eigenvalue weighted by atomic mass is 35.5. The lowest BCUT2D eigenvalue weighted by molar-refractivity contribution is -0.170. The van der Waals surface area contributed by atoms with Gasteiger partial charge in [-0.1, -0.05) is 143 Å². The van der Waals surface area contributed by atoms with Crippen LogP contribution in [0.4, 0.5) is 0 Å². The molecular weight excluding hydrogens is 670 g/mol. The minimum atomic E-state index is -2.74. The number of hydrogen-bond donors (Lipinski definition) is 4. The minimum Gasteiger partial charge on any atom is -0.494 e. The Morgan fingerprint density at radius 3 is 1.51 bits per heavy atom. The van der Waals surface area contributed by atoms with Gasteiger partial charge < -0.3 is 30.1 Å². The summed E-state index contributed by atoms with van der Waals surface area (Å²) in [6.07, 6.45) is 9.60. The van der Waals surface area contributed by atoms with E-state index in [-0.39, 0.29) is 0 Å². The molecule has 3 aromatic carbocycles. The lowest BCUT2D eigenvalue weighted by atomic mass is 9.95. The Kier molecular flexibility index (Phi) is 20.3. The van der Waals surface area contributed by atoms with Gasteiger partial charge in [-0.15, -0.1) is 0 Å². The zero-order valence-electron chi connectivity index (χ0n) is 29.9. The van der Waals surface area contributed by atoms with Gasteiger partial charge in [0.15, 0.2) is 5.60 Å². The summed E-state index contributed by atoms with van der Waals surface area (Å²) in [5.74, 6) is -4.10. The predicted molar refractivity (Wildman–Crippen MR) is 203 cm³/mol. The molecule has 0 heterocycles. The predicted octanol–water partition coefficient (Wildman–Crippen LogP) is 8.83. The summed E-state index contributed by atoms with van der Waals surface area (Å²) in [5.41, 5.74) is 1.51. The fraction of sp³-hybridized carbons (Fsp3) is 0.439. The first-order valence-electron chi connectivity index (χ1n) is 17.9. The molecule has 51 heavy (non-hydrogen) atoms. The van der Waals surface area contributed by atoms with Crippen LogP contribution >= 0.6 is 11.6 Å². The standard InChI is InChI=1S/C35H46ClNO.C6H8O7/c1-3-37(4-2)28-18-10-8-6-5-7-9-11-19-29-38-33-26-24-31(25-27-33)34(30-20-14-12-15-21-30)35(36)32-22-16-13-17-23-32;7-3(8)1-6(13,5(11)12)2-4(9)10/h12-17,20-27H,3-11,18-19,28-29H2,1-2H3;13H,1-2H2,(H,7,8)(H,9,10)(H,11,12)/b35-34+;. The number of carboxylic acid groups (broad SMARTS) is 3. The molecule has 4 N–H and O–H groups in total. The number of halogens is 1. The van der Waals surface area contributed by atoms with E-state index in [1.807, 2.05) is 24.3 Å². The molecule has 3 aromatic rings. The second-order valence-corrected chi connectivity index (χ2v) is 12.9. The average Bonchev–Trinajstić information content (AvgIpc) is 3.11. The molecule has 0 amide bonds. The van der Waals surface area contributed by atoms with Crippen molar-refractivity contribution in [2.75, 3.05) is 26.2 Å². The first kappa shape index (κ1) is 43.0. The van der Waals surface area contributed by atoms with E-state index < -0.39 is 36.4 Å². The molecular formula is C41H54ClNO8. The Hall–Kier alpha value is -4.18. The maximum atomic E-state index is 10.3. The first-order chi connectivity index (χ1) is 24.5. The summed E-state index contributed by atoms with van der Waals surface area (Å²) >= 11 is 6.94. The molecule has 0 aliphatic heterocycles. The molecule has 0 saturated carbocycles. The van der Waals surface area contributed by atoms with Crippen LogP contribution in [0.3, 0.4) is 0 Å². The molecule has 0 aromatic heterocycles. The number of aliphatic carboxylic acids is 3. The van der Waals surface area contributed by atoms with Crippen molar-refractivity contribution in [1.82, 2.24) is 4.90 Å². The highest BCUT2D eigenvalue weighted by Crippen LogP contribution is 2.35. The van der Waals surface area contributed by atoms with E-state index in [0.717, 1.165) is 46.1 Å². The van der Waals surface area contributed by atoms with Gasteiger partial charge in [0.2, 0.25) is 0 Å². The number of aliphatic hydroxyl groups is 1. The minimum absolute atomic E-state index is 0.755. The summed E-state index contributed by atoms with van der Waals surface area (Å²) in [5, 5.41) is 34.6. The van der Waals surface area contributed by atoms with Gasteiger partial charge in [-0.05, 0) is 61.3 Å². The number of carboxylic acids is 3. The molecule has 0 radical (unpaired) electrons. The molecule has 0 aliphatic carbocycles. The number of ether oxygens (including phenoxy) is 1. The number of nitrogens with zero attached hydrogens (tertiary/aromatic N) is 1. The van der Waals surface area contributed by atoms with E-state index in [9.17, 15) is 14.4 Å². The van der Waals surface area contributed by atoms with Gasteiger partial charge in [0, 0.05) is 5.57 Å². The molecule has 3 rings (SSSR count). The summed E-state index contributed by atoms with van der Waals surface area (Å²) in [4.78, 5) is 33.0. The summed E-state index contributed by atoms with van der Waals surface area (Å²) in [6, 6.07) is 28.9. The maximum Gasteiger partial charge on any atom is 0.336 e. The van der Waals surface area contributed by atoms with Crippen LogP contribution < -0.4 is 4.74 Å². The normalized spacial score (nSPS) is 11.7. The van der Waals surface area contributed by atoms with Gasteiger partial charge in [0.1, 0.15) is 5.75 Å². The number of benzene rings is 3. The van der Waals surface area contributed by atoms with Gasteiger partial charge in [0.05, 0.1) is 24.5 Å². The van der Waals surface area contributed by atoms with Crippen molar-refractivity contribution in [2.45, 2.75) is 90.1 Å². The third kappa shape index (κ3) is 16.6. The average molecular weight is 724 g/mol. The van der Waals surface area contributed by atoms with E-state index in [1.54, 1.807) is 0 Å². The Morgan fingerprint density at radius 1 is 0.627 bits per heavy atom. The Bertz CT molecular complexity index is 1460. The SMILES string of the molecule is CCN(CC)CCCCCCCCCCCOc1ccc(/C(=C(/Cl)c2ccccc2)c2ccccc2)cc1.O=C(O)CC(O)(CC(=O)O)C(=O)O. The van der Waals surface area contributed by atoms with Crippen molar-refractivity contribution in [3.05, 3.63) is 102 Å². The fourth-order valence-corrected chi connectivity index (χ4v) is 5.93. The number of rotatable bonds is 23. The largest absolute Gasteiger partial charge is 0.494 e. The molecule has 0 atom stereocenters. The van der Waals surface area contributed by atoms with Crippen molar-refractivity contribution < 1.29 is 39.5 Å². The van der Waals surface area contributed by atoms with Gasteiger partial charge in [-0.25, -0.2) is 4.79 Å². The van der Waals surface area contributed by atoms with Gasteiger partial charge in [0.25, 0.3) is 0 Å². The number of unbranched alkanes of at least 4 members (excludes halogenated alkanes) is 8. The van der Waals surface area contributed by atoms with Crippen LogP contribution in [0.5, 0.6) is 5.75 Å². The van der Waals surface area contributed by atoms with Gasteiger partial charge in [-0.2, -0.15) is 0 Å². The van der Waals surface area contributed by atoms with Crippen molar-refractivity contribution in [2.24, 2.45) is 0 Å². The van der Waals surface area contributed by atoms with E-state index in [0.29, 0.717) is 0 Å². The van der Waals surface area contributed by atoms with Crippen LogP contribution in [-0.2, 0) is 14.4 Å². The van der Waals surface area contributed by atoms with Crippen molar-refractivity contribution >= 4 is 40.1 Å². The van der Waals surface area contributed by atoms with Crippen LogP contribution in [0.2, 0.25) is 0 Å². The number of hydrogen-bond acceptors (Lipinski definition) is 6. The Balaban J connectivity index is 0.000000588. The third-order valence-corrected chi connectivity index (χ3v) is 8.93. The van der Waals surface area contributed by atoms with E-state index in [2.05, 4.69) is 79.4 Å². The molecule has 0 bridgehead atoms. The zero-order chi connectivity index (χ0) is 37.5. The smallest absolute Gasteiger partial charge is 0.336 e. The molecule has 9 nitrogen and oxygen atoms in total. The second-order valence-electron chi connectivity index (χ2n) is 12.5. The fourth-order valence-electron chi connectivity index (χ4n) is 5.59. The van der Waals surface area contributed by atoms with E-state index >= 15 is 0 Å². The van der Waals surface area contributed by atoms with Crippen LogP contribution in [-0.4, -0.2) is 75.1 Å². The molecule has 0 saturated heterocycles. The van der Waals surface area contributed by atoms with Gasteiger partial charge >= 0.3 is 17.9 Å².